The number of carbonyl (C=O) groups excluding carboxylic acids is 1. The monoisotopic (exact) mass is 285 g/mol. The van der Waals surface area contributed by atoms with Crippen LogP contribution in [0.3, 0.4) is 0 Å². The van der Waals surface area contributed by atoms with Gasteiger partial charge in [0.25, 0.3) is 0 Å². The molecule has 0 heterocycles. The van der Waals surface area contributed by atoms with Crippen molar-refractivity contribution < 1.29 is 35.8 Å². The van der Waals surface area contributed by atoms with E-state index in [1.165, 1.54) is 0 Å². The molecule has 0 aromatic heterocycles. The molecule has 5 heteroatoms. The second kappa shape index (κ2) is 7.26. The molecule has 0 aliphatic carbocycles. The maximum Gasteiger partial charge on any atom is 1.00 e. The van der Waals surface area contributed by atoms with Crippen molar-refractivity contribution in [2.75, 3.05) is 0 Å². The first-order chi connectivity index (χ1) is 8.16. The molecule has 0 aliphatic heterocycles. The van der Waals surface area contributed by atoms with E-state index in [-0.39, 0.29) is 31.0 Å². The van der Waals surface area contributed by atoms with Gasteiger partial charge in [-0.1, -0.05) is 30.0 Å². The summed E-state index contributed by atoms with van der Waals surface area (Å²) >= 11 is 5.93. The number of hydrogen-bond donors (Lipinski definition) is 2. The molecule has 2 nitrogen and oxygen atoms in total. The molecule has 0 saturated carbocycles. The summed E-state index contributed by atoms with van der Waals surface area (Å²) in [6, 6.07) is 15.2. The van der Waals surface area contributed by atoms with E-state index in [9.17, 15) is 4.79 Å². The van der Waals surface area contributed by atoms with E-state index >= 15 is 0 Å². The van der Waals surface area contributed by atoms with E-state index in [4.69, 9.17) is 5.73 Å². The Labute approximate surface area is 140 Å². The van der Waals surface area contributed by atoms with E-state index in [1.807, 2.05) is 30.3 Å². The predicted octanol–water partition coefficient (Wildman–Crippen LogP) is 0.342. The molecular weight excluding hydrogens is 273 g/mol. The average molecular weight is 285 g/mol. The van der Waals surface area contributed by atoms with Gasteiger partial charge in [-0.25, -0.2) is 0 Å². The number of carbonyl (C=O) groups is 1. The Morgan fingerprint density at radius 1 is 1.17 bits per heavy atom. The van der Waals surface area contributed by atoms with Gasteiger partial charge >= 0.3 is 29.6 Å². The van der Waals surface area contributed by atoms with Crippen LogP contribution in [0.4, 0.5) is 0 Å². The Morgan fingerprint density at radius 3 is 2.44 bits per heavy atom. The second-order valence-corrected chi connectivity index (χ2v) is 5.06. The van der Waals surface area contributed by atoms with Gasteiger partial charge in [-0.3, -0.25) is 4.79 Å². The first kappa shape index (κ1) is 15.7. The summed E-state index contributed by atoms with van der Waals surface area (Å²) in [6.45, 7) is 0. The zero-order chi connectivity index (χ0) is 12.3. The Hall–Kier alpha value is -0.390. The number of nitrogens with two attached hydrogens (primary N) is 1. The fourth-order valence-electron chi connectivity index (χ4n) is 1.36. The van der Waals surface area contributed by atoms with Crippen LogP contribution in [0.5, 0.6) is 0 Å². The molecule has 0 saturated heterocycles. The molecule has 18 heavy (non-hydrogen) atoms. The summed E-state index contributed by atoms with van der Waals surface area (Å²) in [6.07, 6.45) is 0. The molecule has 2 rings (SSSR count). The molecule has 1 amide bonds. The quantitative estimate of drug-likeness (QED) is 0.631. The Morgan fingerprint density at radius 2 is 1.83 bits per heavy atom. The number of primary amides is 1. The van der Waals surface area contributed by atoms with Crippen molar-refractivity contribution >= 4 is 30.3 Å². The van der Waals surface area contributed by atoms with E-state index in [1.54, 1.807) is 30.0 Å². The topological polar surface area (TPSA) is 43.1 Å². The minimum absolute atomic E-state index is 0. The van der Waals surface area contributed by atoms with Crippen LogP contribution in [0.1, 0.15) is 11.8 Å². The molecule has 2 N–H and O–H groups in total. The molecule has 0 fully saturated rings. The van der Waals surface area contributed by atoms with Gasteiger partial charge in [-0.05, 0) is 30.3 Å². The van der Waals surface area contributed by atoms with Gasteiger partial charge < -0.3 is 7.16 Å². The van der Waals surface area contributed by atoms with Gasteiger partial charge in [-0.2, -0.15) is 0 Å². The van der Waals surface area contributed by atoms with Gasteiger partial charge in [0.2, 0.25) is 5.91 Å². The molecular formula is C13H12NNaOS2. The van der Waals surface area contributed by atoms with Crippen molar-refractivity contribution in [2.24, 2.45) is 5.73 Å². The third kappa shape index (κ3) is 4.07. The SMILES string of the molecule is NC(=O)c1ccc(S)c(Sc2ccccc2)c1.[H-].[Na+]. The summed E-state index contributed by atoms with van der Waals surface area (Å²) in [5.74, 6) is -0.423. The van der Waals surface area contributed by atoms with Crippen molar-refractivity contribution in [1.29, 1.82) is 0 Å². The number of hydrogen-bond acceptors (Lipinski definition) is 3. The van der Waals surface area contributed by atoms with Crippen LogP contribution in [0, 0.1) is 0 Å². The third-order valence-electron chi connectivity index (χ3n) is 2.22. The second-order valence-electron chi connectivity index (χ2n) is 3.46. The maximum absolute atomic E-state index is 11.1. The maximum atomic E-state index is 11.1. The van der Waals surface area contributed by atoms with Gasteiger partial charge in [-0.15, -0.1) is 12.6 Å². The van der Waals surface area contributed by atoms with E-state index in [0.29, 0.717) is 5.56 Å². The molecule has 0 bridgehead atoms. The van der Waals surface area contributed by atoms with Crippen molar-refractivity contribution in [3.8, 4) is 0 Å². The number of amides is 1. The summed E-state index contributed by atoms with van der Waals surface area (Å²) in [4.78, 5) is 14.0. The van der Waals surface area contributed by atoms with Crippen molar-refractivity contribution in [3.05, 3.63) is 54.1 Å². The number of thiol groups is 1. The first-order valence-electron chi connectivity index (χ1n) is 5.02. The average Bonchev–Trinajstić information content (AvgIpc) is 2.33. The van der Waals surface area contributed by atoms with Crippen molar-refractivity contribution in [2.45, 2.75) is 14.7 Å². The Kier molecular flexibility index (Phi) is 6.32. The molecule has 0 unspecified atom stereocenters. The minimum atomic E-state index is -0.423. The summed E-state index contributed by atoms with van der Waals surface area (Å²) in [7, 11) is 0. The molecule has 0 atom stereocenters. The Balaban J connectivity index is 0.00000162. The van der Waals surface area contributed by atoms with Crippen LogP contribution >= 0.6 is 24.4 Å². The number of rotatable bonds is 3. The summed E-state index contributed by atoms with van der Waals surface area (Å²) in [5.41, 5.74) is 5.75. The van der Waals surface area contributed by atoms with E-state index < -0.39 is 5.91 Å². The van der Waals surface area contributed by atoms with E-state index in [0.717, 1.165) is 14.7 Å². The van der Waals surface area contributed by atoms with Crippen LogP contribution < -0.4 is 35.3 Å². The molecule has 0 aliphatic rings. The minimum Gasteiger partial charge on any atom is -1.00 e. The van der Waals surface area contributed by atoms with Gasteiger partial charge in [0, 0.05) is 20.2 Å². The fraction of sp³-hybridized carbons (Fsp3) is 0. The Bertz CT molecular complexity index is 552. The fourth-order valence-corrected chi connectivity index (χ4v) is 2.55. The molecule has 2 aromatic carbocycles. The molecule has 0 radical (unpaired) electrons. The normalized spacial score (nSPS) is 9.61. The summed E-state index contributed by atoms with van der Waals surface area (Å²) in [5, 5.41) is 0. The molecule has 2 aromatic rings. The zero-order valence-electron chi connectivity index (χ0n) is 11.0. The van der Waals surface area contributed by atoms with Crippen LogP contribution in [0.2, 0.25) is 0 Å². The first-order valence-corrected chi connectivity index (χ1v) is 6.29. The van der Waals surface area contributed by atoms with E-state index in [2.05, 4.69) is 12.6 Å². The van der Waals surface area contributed by atoms with Crippen LogP contribution in [0.15, 0.2) is 63.2 Å². The molecule has 88 valence electrons. The zero-order valence-corrected chi connectivity index (χ0v) is 13.7. The van der Waals surface area contributed by atoms with Crippen LogP contribution in [-0.2, 0) is 0 Å². The van der Waals surface area contributed by atoms with Gasteiger partial charge in [0.1, 0.15) is 0 Å². The largest absolute Gasteiger partial charge is 1.00 e. The van der Waals surface area contributed by atoms with Crippen molar-refractivity contribution in [1.82, 2.24) is 0 Å². The smallest absolute Gasteiger partial charge is 1.00 e. The van der Waals surface area contributed by atoms with Crippen LogP contribution in [-0.4, -0.2) is 5.91 Å². The third-order valence-corrected chi connectivity index (χ3v) is 3.82. The predicted molar refractivity (Wildman–Crippen MR) is 73.9 cm³/mol. The number of benzene rings is 2. The standard InChI is InChI=1S/C13H11NOS2.Na.H/c14-13(15)9-6-7-11(16)12(8-9)17-10-4-2-1-3-5-10;;/h1-8,16H,(H2,14,15);;/q;+1;-1. The summed E-state index contributed by atoms with van der Waals surface area (Å²) < 4.78 is 0. The van der Waals surface area contributed by atoms with Crippen molar-refractivity contribution in [3.63, 3.8) is 0 Å². The van der Waals surface area contributed by atoms with Crippen LogP contribution in [0.25, 0.3) is 0 Å². The van der Waals surface area contributed by atoms with Gasteiger partial charge in [0.15, 0.2) is 0 Å². The van der Waals surface area contributed by atoms with Gasteiger partial charge in [0.05, 0.1) is 0 Å². The molecule has 0 spiro atoms.